The highest BCUT2D eigenvalue weighted by molar-refractivity contribution is 5.61. The van der Waals surface area contributed by atoms with Crippen molar-refractivity contribution >= 4 is 6.08 Å². The number of nitrogens with zero attached hydrogens (tertiary/aromatic N) is 4. The Morgan fingerprint density at radius 2 is 2.31 bits per heavy atom. The van der Waals surface area contributed by atoms with Crippen molar-refractivity contribution in [2.75, 3.05) is 0 Å². The first-order valence-electron chi connectivity index (χ1n) is 4.78. The van der Waals surface area contributed by atoms with Gasteiger partial charge in [-0.05, 0) is 30.2 Å². The molecule has 0 saturated heterocycles. The van der Waals surface area contributed by atoms with E-state index in [1.54, 1.807) is 23.2 Å². The quantitative estimate of drug-likeness (QED) is 0.762. The van der Waals surface area contributed by atoms with Crippen molar-refractivity contribution in [1.82, 2.24) is 14.8 Å². The van der Waals surface area contributed by atoms with Crippen LogP contribution in [0.2, 0.25) is 0 Å². The fraction of sp³-hybridized carbons (Fsp3) is 0.0833. The minimum absolute atomic E-state index is 0.570. The van der Waals surface area contributed by atoms with Crippen LogP contribution in [0.5, 0.6) is 0 Å². The molecule has 0 aliphatic heterocycles. The van der Waals surface area contributed by atoms with Crippen LogP contribution in [0.15, 0.2) is 31.4 Å². The molecule has 0 aliphatic rings. The highest BCUT2D eigenvalue weighted by Gasteiger charge is 2.09. The fourth-order valence-corrected chi connectivity index (χ4v) is 1.64. The van der Waals surface area contributed by atoms with Crippen molar-refractivity contribution in [2.24, 2.45) is 0 Å². The van der Waals surface area contributed by atoms with Crippen LogP contribution in [-0.2, 0) is 0 Å². The van der Waals surface area contributed by atoms with Gasteiger partial charge in [-0.2, -0.15) is 10.4 Å². The number of aromatic nitrogens is 3. The molecule has 16 heavy (non-hydrogen) atoms. The zero-order valence-corrected chi connectivity index (χ0v) is 8.88. The van der Waals surface area contributed by atoms with Gasteiger partial charge in [0, 0.05) is 0 Å². The smallest absolute Gasteiger partial charge is 0.138 e. The molecule has 1 aromatic carbocycles. The van der Waals surface area contributed by atoms with Crippen molar-refractivity contribution in [1.29, 1.82) is 5.26 Å². The molecule has 0 N–H and O–H groups in total. The molecule has 4 heteroatoms. The third-order valence-corrected chi connectivity index (χ3v) is 2.33. The molecule has 4 nitrogen and oxygen atoms in total. The molecule has 0 spiro atoms. The molecule has 0 unspecified atom stereocenters. The Morgan fingerprint density at radius 1 is 1.50 bits per heavy atom. The van der Waals surface area contributed by atoms with Crippen LogP contribution in [0.25, 0.3) is 11.8 Å². The van der Waals surface area contributed by atoms with Crippen LogP contribution in [-0.4, -0.2) is 14.8 Å². The topological polar surface area (TPSA) is 54.5 Å². The number of nitriles is 1. The highest BCUT2D eigenvalue weighted by Crippen LogP contribution is 2.20. The van der Waals surface area contributed by atoms with Gasteiger partial charge in [-0.15, -0.1) is 0 Å². The summed E-state index contributed by atoms with van der Waals surface area (Å²) >= 11 is 0. The molecule has 78 valence electrons. The lowest BCUT2D eigenvalue weighted by molar-refractivity contribution is 0.867. The first-order chi connectivity index (χ1) is 7.76. The lowest BCUT2D eigenvalue weighted by Gasteiger charge is -2.08. The summed E-state index contributed by atoms with van der Waals surface area (Å²) in [5.74, 6) is 0. The van der Waals surface area contributed by atoms with Gasteiger partial charge >= 0.3 is 0 Å². The first kappa shape index (κ1) is 10.1. The summed E-state index contributed by atoms with van der Waals surface area (Å²) in [6, 6.07) is 5.91. The summed E-state index contributed by atoms with van der Waals surface area (Å²) in [7, 11) is 0. The molecular weight excluding hydrogens is 200 g/mol. The Hall–Kier alpha value is -2.41. The van der Waals surface area contributed by atoms with E-state index < -0.39 is 0 Å². The van der Waals surface area contributed by atoms with Crippen molar-refractivity contribution in [2.45, 2.75) is 6.92 Å². The maximum absolute atomic E-state index is 9.12. The van der Waals surface area contributed by atoms with E-state index in [0.717, 1.165) is 16.8 Å². The van der Waals surface area contributed by atoms with E-state index in [4.69, 9.17) is 5.26 Å². The number of aryl methyl sites for hydroxylation is 1. The molecule has 0 amide bonds. The molecule has 1 heterocycles. The fourth-order valence-electron chi connectivity index (χ4n) is 1.64. The van der Waals surface area contributed by atoms with Gasteiger partial charge < -0.3 is 0 Å². The summed E-state index contributed by atoms with van der Waals surface area (Å²) in [4.78, 5) is 3.88. The molecule has 0 saturated carbocycles. The predicted octanol–water partition coefficient (Wildman–Crippen LogP) is 2.09. The van der Waals surface area contributed by atoms with Gasteiger partial charge in [-0.3, -0.25) is 0 Å². The lowest BCUT2D eigenvalue weighted by atomic mass is 10.0. The molecule has 1 aromatic heterocycles. The van der Waals surface area contributed by atoms with Gasteiger partial charge in [0.25, 0.3) is 0 Å². The minimum atomic E-state index is 0.570. The van der Waals surface area contributed by atoms with Crippen molar-refractivity contribution in [3.63, 3.8) is 0 Å². The van der Waals surface area contributed by atoms with Crippen LogP contribution in [0.4, 0.5) is 0 Å². The Kier molecular flexibility index (Phi) is 2.52. The van der Waals surface area contributed by atoms with Gasteiger partial charge in [0.1, 0.15) is 18.7 Å². The van der Waals surface area contributed by atoms with Gasteiger partial charge in [-0.25, -0.2) is 9.67 Å². The second kappa shape index (κ2) is 3.99. The number of hydrogen-bond donors (Lipinski definition) is 0. The van der Waals surface area contributed by atoms with Crippen molar-refractivity contribution in [3.05, 3.63) is 48.1 Å². The second-order valence-electron chi connectivity index (χ2n) is 3.39. The van der Waals surface area contributed by atoms with E-state index in [2.05, 4.69) is 22.7 Å². The Bertz CT molecular complexity index is 561. The maximum Gasteiger partial charge on any atom is 0.138 e. The third-order valence-electron chi connectivity index (χ3n) is 2.33. The SMILES string of the molecule is C=Cc1cc(C)c(-n2cncn2)c(C#N)c1. The molecule has 0 fully saturated rings. The van der Waals surface area contributed by atoms with E-state index in [1.807, 2.05) is 13.0 Å². The van der Waals surface area contributed by atoms with Crippen LogP contribution in [0, 0.1) is 18.3 Å². The molecule has 0 radical (unpaired) electrons. The van der Waals surface area contributed by atoms with Gasteiger partial charge in [-0.1, -0.05) is 12.7 Å². The van der Waals surface area contributed by atoms with E-state index in [-0.39, 0.29) is 0 Å². The standard InChI is InChI=1S/C12H10N4/c1-3-10-4-9(2)12(11(5-10)6-13)16-8-14-7-15-16/h3-5,7-8H,1H2,2H3. The molecule has 2 aromatic rings. The summed E-state index contributed by atoms with van der Waals surface area (Å²) in [6.45, 7) is 5.63. The maximum atomic E-state index is 9.12. The van der Waals surface area contributed by atoms with E-state index >= 15 is 0 Å². The monoisotopic (exact) mass is 210 g/mol. The summed E-state index contributed by atoms with van der Waals surface area (Å²) in [6.07, 6.45) is 4.75. The van der Waals surface area contributed by atoms with Crippen LogP contribution in [0.3, 0.4) is 0 Å². The lowest BCUT2D eigenvalue weighted by Crippen LogP contribution is -2.01. The zero-order chi connectivity index (χ0) is 11.5. The molecule has 0 bridgehead atoms. The van der Waals surface area contributed by atoms with Crippen LogP contribution >= 0.6 is 0 Å². The predicted molar refractivity (Wildman–Crippen MR) is 60.9 cm³/mol. The number of benzene rings is 1. The molecule has 0 aliphatic carbocycles. The van der Waals surface area contributed by atoms with Crippen molar-refractivity contribution in [3.8, 4) is 11.8 Å². The molecule has 0 atom stereocenters. The number of hydrogen-bond acceptors (Lipinski definition) is 3. The third kappa shape index (κ3) is 1.59. The zero-order valence-electron chi connectivity index (χ0n) is 8.88. The molecular formula is C12H10N4. The summed E-state index contributed by atoms with van der Waals surface area (Å²) in [5.41, 5.74) is 3.24. The second-order valence-corrected chi connectivity index (χ2v) is 3.39. The van der Waals surface area contributed by atoms with E-state index in [0.29, 0.717) is 5.56 Å². The van der Waals surface area contributed by atoms with E-state index in [1.165, 1.54) is 6.33 Å². The van der Waals surface area contributed by atoms with E-state index in [9.17, 15) is 0 Å². The Labute approximate surface area is 93.5 Å². The van der Waals surface area contributed by atoms with Crippen LogP contribution < -0.4 is 0 Å². The van der Waals surface area contributed by atoms with Gasteiger partial charge in [0.2, 0.25) is 0 Å². The Balaban J connectivity index is 2.71. The minimum Gasteiger partial charge on any atom is -0.223 e. The van der Waals surface area contributed by atoms with Crippen molar-refractivity contribution < 1.29 is 0 Å². The molecule has 2 rings (SSSR count). The summed E-state index contributed by atoms with van der Waals surface area (Å²) in [5, 5.41) is 13.2. The van der Waals surface area contributed by atoms with Gasteiger partial charge in [0.05, 0.1) is 11.3 Å². The average molecular weight is 210 g/mol. The first-order valence-corrected chi connectivity index (χ1v) is 4.78. The van der Waals surface area contributed by atoms with Crippen LogP contribution in [0.1, 0.15) is 16.7 Å². The average Bonchev–Trinajstić information content (AvgIpc) is 2.81. The van der Waals surface area contributed by atoms with Gasteiger partial charge in [0.15, 0.2) is 0 Å². The largest absolute Gasteiger partial charge is 0.223 e. The number of rotatable bonds is 2. The Morgan fingerprint density at radius 3 is 2.88 bits per heavy atom. The normalized spacial score (nSPS) is 9.75. The summed E-state index contributed by atoms with van der Waals surface area (Å²) < 4.78 is 1.60. The highest BCUT2D eigenvalue weighted by atomic mass is 15.3.